The lowest BCUT2D eigenvalue weighted by atomic mass is 9.83. The first-order chi connectivity index (χ1) is 10.5. The predicted octanol–water partition coefficient (Wildman–Crippen LogP) is 2.58. The lowest BCUT2D eigenvalue weighted by Crippen LogP contribution is -2.42. The molecule has 2 rings (SSSR count). The molecule has 1 atom stereocenters. The zero-order valence-electron chi connectivity index (χ0n) is 12.7. The molecular weight excluding hydrogens is 305 g/mol. The molecule has 1 unspecified atom stereocenters. The molecule has 22 heavy (non-hydrogen) atoms. The van der Waals surface area contributed by atoms with Crippen LogP contribution >= 0.6 is 0 Å². The number of hydrogen-bond acceptors (Lipinski definition) is 3. The lowest BCUT2D eigenvalue weighted by molar-refractivity contribution is 0.221. The molecule has 0 spiro atoms. The molecule has 1 aliphatic rings. The van der Waals surface area contributed by atoms with Gasteiger partial charge in [0.15, 0.2) is 0 Å². The highest BCUT2D eigenvalue weighted by Gasteiger charge is 2.27. The Balaban J connectivity index is 2.05. The highest BCUT2D eigenvalue weighted by atomic mass is 32.2. The minimum atomic E-state index is -3.63. The molecule has 0 radical (unpaired) electrons. The Morgan fingerprint density at radius 1 is 1.23 bits per heavy atom. The summed E-state index contributed by atoms with van der Waals surface area (Å²) < 4.78 is 41.0. The molecule has 1 aromatic rings. The highest BCUT2D eigenvalue weighted by Crippen LogP contribution is 2.28. The topological polar surface area (TPSA) is 66.4 Å². The van der Waals surface area contributed by atoms with Gasteiger partial charge in [-0.3, -0.25) is 0 Å². The van der Waals surface area contributed by atoms with E-state index >= 15 is 0 Å². The molecule has 1 aliphatic carbocycles. The van der Waals surface area contributed by atoms with Gasteiger partial charge < -0.3 is 5.11 Å². The van der Waals surface area contributed by atoms with Crippen LogP contribution in [0.5, 0.6) is 0 Å². The second-order valence-electron chi connectivity index (χ2n) is 5.99. The van der Waals surface area contributed by atoms with Crippen LogP contribution in [0.15, 0.2) is 24.3 Å². The molecule has 0 aromatic heterocycles. The van der Waals surface area contributed by atoms with Crippen molar-refractivity contribution in [1.29, 1.82) is 0 Å². The molecule has 1 aromatic carbocycles. The van der Waals surface area contributed by atoms with E-state index in [4.69, 9.17) is 0 Å². The number of halogens is 1. The van der Waals surface area contributed by atoms with Gasteiger partial charge >= 0.3 is 0 Å². The molecule has 0 heterocycles. The van der Waals surface area contributed by atoms with E-state index in [0.29, 0.717) is 6.42 Å². The Hall–Kier alpha value is -0.980. The first-order valence-corrected chi connectivity index (χ1v) is 9.51. The van der Waals surface area contributed by atoms with Crippen molar-refractivity contribution in [3.63, 3.8) is 0 Å². The molecule has 0 bridgehead atoms. The van der Waals surface area contributed by atoms with Gasteiger partial charge in [0.2, 0.25) is 10.0 Å². The van der Waals surface area contributed by atoms with Crippen LogP contribution in [0.1, 0.15) is 44.1 Å². The van der Waals surface area contributed by atoms with Crippen molar-refractivity contribution in [2.24, 2.45) is 5.92 Å². The van der Waals surface area contributed by atoms with Crippen LogP contribution in [0.3, 0.4) is 0 Å². The maximum absolute atomic E-state index is 13.6. The fraction of sp³-hybridized carbons (Fsp3) is 0.625. The summed E-state index contributed by atoms with van der Waals surface area (Å²) in [5.74, 6) is -0.616. The van der Waals surface area contributed by atoms with Crippen LogP contribution in [0.2, 0.25) is 0 Å². The summed E-state index contributed by atoms with van der Waals surface area (Å²) in [6, 6.07) is 5.64. The van der Waals surface area contributed by atoms with Gasteiger partial charge in [-0.25, -0.2) is 17.5 Å². The Labute approximate surface area is 131 Å². The summed E-state index contributed by atoms with van der Waals surface area (Å²) in [6.07, 6.45) is 5.74. The Kier molecular flexibility index (Phi) is 6.35. The summed E-state index contributed by atoms with van der Waals surface area (Å²) in [5, 5.41) is 9.20. The highest BCUT2D eigenvalue weighted by molar-refractivity contribution is 7.88. The third-order valence-electron chi connectivity index (χ3n) is 4.29. The fourth-order valence-corrected chi connectivity index (χ4v) is 4.66. The third-order valence-corrected chi connectivity index (χ3v) is 5.65. The Morgan fingerprint density at radius 3 is 2.55 bits per heavy atom. The average molecular weight is 329 g/mol. The van der Waals surface area contributed by atoms with E-state index in [9.17, 15) is 17.9 Å². The van der Waals surface area contributed by atoms with Crippen molar-refractivity contribution < 1.29 is 17.9 Å². The van der Waals surface area contributed by atoms with Crippen molar-refractivity contribution in [1.82, 2.24) is 4.72 Å². The Morgan fingerprint density at radius 2 is 1.91 bits per heavy atom. The van der Waals surface area contributed by atoms with Crippen LogP contribution in [0.4, 0.5) is 4.39 Å². The molecule has 1 saturated carbocycles. The average Bonchev–Trinajstić information content (AvgIpc) is 2.50. The van der Waals surface area contributed by atoms with E-state index in [0.717, 1.165) is 25.7 Å². The smallest absolute Gasteiger partial charge is 0.216 e. The zero-order valence-corrected chi connectivity index (χ0v) is 13.5. The van der Waals surface area contributed by atoms with Gasteiger partial charge in [-0.05, 0) is 31.2 Å². The zero-order chi connectivity index (χ0) is 16.0. The number of aliphatic hydroxyl groups excluding tert-OH is 1. The fourth-order valence-electron chi connectivity index (χ4n) is 3.16. The van der Waals surface area contributed by atoms with Gasteiger partial charge in [-0.15, -0.1) is 0 Å². The SMILES string of the molecule is O=S(=O)(Cc1ccccc1F)NC(CCO)C1CCCCC1. The summed E-state index contributed by atoms with van der Waals surface area (Å²) in [6.45, 7) is -0.0522. The normalized spacial score (nSPS) is 18.3. The van der Waals surface area contributed by atoms with Crippen LogP contribution in [0, 0.1) is 11.7 Å². The van der Waals surface area contributed by atoms with E-state index in [-0.39, 0.29) is 29.9 Å². The van der Waals surface area contributed by atoms with Gasteiger partial charge in [0.25, 0.3) is 0 Å². The maximum Gasteiger partial charge on any atom is 0.216 e. The standard InChI is InChI=1S/C16H24FNO3S/c17-15-9-5-4-8-14(15)12-22(20,21)18-16(10-11-19)13-6-2-1-3-7-13/h4-5,8-9,13,16,18-19H,1-3,6-7,10-12H2. The quantitative estimate of drug-likeness (QED) is 0.808. The summed E-state index contributed by atoms with van der Waals surface area (Å²) in [7, 11) is -3.63. The van der Waals surface area contributed by atoms with Gasteiger partial charge in [0.1, 0.15) is 5.82 Å². The van der Waals surface area contributed by atoms with Crippen LogP contribution in [-0.4, -0.2) is 26.2 Å². The van der Waals surface area contributed by atoms with Gasteiger partial charge in [-0.2, -0.15) is 0 Å². The summed E-state index contributed by atoms with van der Waals surface area (Å²) in [5.41, 5.74) is 0.168. The molecule has 124 valence electrons. The van der Waals surface area contributed by atoms with Gasteiger partial charge in [0, 0.05) is 18.2 Å². The predicted molar refractivity (Wildman–Crippen MR) is 84.2 cm³/mol. The summed E-state index contributed by atoms with van der Waals surface area (Å²) in [4.78, 5) is 0. The first kappa shape index (κ1) is 17.4. The molecule has 2 N–H and O–H groups in total. The number of benzene rings is 1. The van der Waals surface area contributed by atoms with Crippen molar-refractivity contribution in [2.45, 2.75) is 50.3 Å². The number of hydrogen-bond donors (Lipinski definition) is 2. The van der Waals surface area contributed by atoms with E-state index < -0.39 is 15.8 Å². The van der Waals surface area contributed by atoms with E-state index in [1.807, 2.05) is 0 Å². The molecule has 0 saturated heterocycles. The van der Waals surface area contributed by atoms with Crippen molar-refractivity contribution in [2.75, 3.05) is 6.61 Å². The minimum Gasteiger partial charge on any atom is -0.396 e. The monoisotopic (exact) mass is 329 g/mol. The van der Waals surface area contributed by atoms with E-state index in [2.05, 4.69) is 4.72 Å². The van der Waals surface area contributed by atoms with Crippen molar-refractivity contribution in [3.05, 3.63) is 35.6 Å². The number of sulfonamides is 1. The lowest BCUT2D eigenvalue weighted by Gasteiger charge is -2.30. The summed E-state index contributed by atoms with van der Waals surface area (Å²) >= 11 is 0. The van der Waals surface area contributed by atoms with E-state index in [1.165, 1.54) is 24.6 Å². The van der Waals surface area contributed by atoms with Crippen LogP contribution in [0.25, 0.3) is 0 Å². The van der Waals surface area contributed by atoms with Gasteiger partial charge in [-0.1, -0.05) is 37.5 Å². The van der Waals surface area contributed by atoms with Gasteiger partial charge in [0.05, 0.1) is 5.75 Å². The van der Waals surface area contributed by atoms with Crippen molar-refractivity contribution in [3.8, 4) is 0 Å². The van der Waals surface area contributed by atoms with E-state index in [1.54, 1.807) is 6.07 Å². The molecule has 1 fully saturated rings. The molecule has 6 heteroatoms. The van der Waals surface area contributed by atoms with Crippen LogP contribution in [-0.2, 0) is 15.8 Å². The Bertz CT molecular complexity index is 571. The number of rotatable bonds is 7. The number of aliphatic hydroxyl groups is 1. The third kappa shape index (κ3) is 5.04. The van der Waals surface area contributed by atoms with Crippen molar-refractivity contribution >= 4 is 10.0 Å². The first-order valence-electron chi connectivity index (χ1n) is 7.86. The maximum atomic E-state index is 13.6. The number of nitrogens with one attached hydrogen (secondary N) is 1. The molecule has 0 amide bonds. The minimum absolute atomic E-state index is 0.0522. The van der Waals surface area contributed by atoms with Crippen LogP contribution < -0.4 is 4.72 Å². The largest absolute Gasteiger partial charge is 0.396 e. The second kappa shape index (κ2) is 8.04. The molecule has 0 aliphatic heterocycles. The molecular formula is C16H24FNO3S. The second-order valence-corrected chi connectivity index (χ2v) is 7.74. The molecule has 4 nitrogen and oxygen atoms in total.